The Balaban J connectivity index is 1.73. The van der Waals surface area contributed by atoms with Gasteiger partial charge in [0.1, 0.15) is 0 Å². The summed E-state index contributed by atoms with van der Waals surface area (Å²) in [4.78, 5) is 0. The van der Waals surface area contributed by atoms with Crippen LogP contribution >= 0.6 is 0 Å². The van der Waals surface area contributed by atoms with Gasteiger partial charge in [-0.25, -0.2) is 0 Å². The fourth-order valence-corrected chi connectivity index (χ4v) is 5.57. The van der Waals surface area contributed by atoms with Gasteiger partial charge in [0.2, 0.25) is 0 Å². The molecule has 1 aliphatic rings. The molecule has 0 amide bonds. The van der Waals surface area contributed by atoms with Crippen molar-refractivity contribution in [2.75, 3.05) is 0 Å². The molecule has 0 nitrogen and oxygen atoms in total. The molecule has 0 saturated carbocycles. The molecule has 0 aliphatic heterocycles. The van der Waals surface area contributed by atoms with Crippen molar-refractivity contribution in [2.45, 2.75) is 19.8 Å². The summed E-state index contributed by atoms with van der Waals surface area (Å²) in [5, 5.41) is 0. The Morgan fingerprint density at radius 1 is 0.515 bits per heavy atom. The molecule has 1 aliphatic carbocycles. The number of aryl methyl sites for hydroxylation is 2. The monoisotopic (exact) mass is 422 g/mol. The van der Waals surface area contributed by atoms with Gasteiger partial charge in [-0.1, -0.05) is 109 Å². The van der Waals surface area contributed by atoms with Crippen LogP contribution < -0.4 is 0 Å². The molecule has 1 unspecified atom stereocenters. The summed E-state index contributed by atoms with van der Waals surface area (Å²) in [5.74, 6) is 0.231. The number of hydrogen-bond donors (Lipinski definition) is 0. The second-order valence-electron chi connectivity index (χ2n) is 9.11. The third kappa shape index (κ3) is 3.31. The van der Waals surface area contributed by atoms with Crippen molar-refractivity contribution >= 4 is 0 Å². The number of rotatable bonds is 3. The highest BCUT2D eigenvalue weighted by Crippen LogP contribution is 2.54. The van der Waals surface area contributed by atoms with Crippen LogP contribution in [0.25, 0.3) is 33.4 Å². The lowest BCUT2D eigenvalue weighted by atomic mass is 9.83. The van der Waals surface area contributed by atoms with E-state index in [2.05, 4.69) is 129 Å². The highest BCUT2D eigenvalue weighted by atomic mass is 14.4. The molecule has 0 spiro atoms. The summed E-state index contributed by atoms with van der Waals surface area (Å²) in [6, 6.07) is 42.2. The normalized spacial score (nSPS) is 14.1. The summed E-state index contributed by atoms with van der Waals surface area (Å²) in [6.45, 7) is 4.48. The molecule has 158 valence electrons. The molecule has 33 heavy (non-hydrogen) atoms. The minimum atomic E-state index is 0.231. The molecule has 0 heteroatoms. The van der Waals surface area contributed by atoms with Crippen LogP contribution in [0.1, 0.15) is 33.7 Å². The van der Waals surface area contributed by atoms with E-state index in [0.29, 0.717) is 0 Å². The first-order valence-corrected chi connectivity index (χ1v) is 11.7. The second-order valence-corrected chi connectivity index (χ2v) is 9.11. The Labute approximate surface area is 196 Å². The van der Waals surface area contributed by atoms with Crippen molar-refractivity contribution in [2.24, 2.45) is 0 Å². The largest absolute Gasteiger partial charge is 0.0622 e. The molecular formula is C33H26. The zero-order valence-corrected chi connectivity index (χ0v) is 19.0. The molecule has 0 N–H and O–H groups in total. The van der Waals surface area contributed by atoms with Gasteiger partial charge in [0, 0.05) is 5.92 Å². The van der Waals surface area contributed by atoms with Gasteiger partial charge in [0.15, 0.2) is 0 Å². The lowest BCUT2D eigenvalue weighted by molar-refractivity contribution is 1.01. The van der Waals surface area contributed by atoms with E-state index in [1.165, 1.54) is 61.2 Å². The van der Waals surface area contributed by atoms with E-state index in [0.717, 1.165) is 0 Å². The van der Waals surface area contributed by atoms with Gasteiger partial charge in [-0.3, -0.25) is 0 Å². The molecule has 6 rings (SSSR count). The Kier molecular flexibility index (Phi) is 4.73. The topological polar surface area (TPSA) is 0 Å². The van der Waals surface area contributed by atoms with E-state index in [1.807, 2.05) is 0 Å². The van der Waals surface area contributed by atoms with Crippen molar-refractivity contribution in [1.82, 2.24) is 0 Å². The van der Waals surface area contributed by atoms with Gasteiger partial charge >= 0.3 is 0 Å². The highest BCUT2D eigenvalue weighted by Gasteiger charge is 2.34. The maximum absolute atomic E-state index is 2.42. The Morgan fingerprint density at radius 3 is 1.76 bits per heavy atom. The Hall–Kier alpha value is -3.90. The molecule has 0 fully saturated rings. The van der Waals surface area contributed by atoms with Crippen molar-refractivity contribution in [1.29, 1.82) is 0 Å². The van der Waals surface area contributed by atoms with Gasteiger partial charge < -0.3 is 0 Å². The summed E-state index contributed by atoms with van der Waals surface area (Å²) in [7, 11) is 0. The summed E-state index contributed by atoms with van der Waals surface area (Å²) in [5.41, 5.74) is 14.8. The fourth-order valence-electron chi connectivity index (χ4n) is 5.57. The van der Waals surface area contributed by atoms with Gasteiger partial charge in [-0.05, 0) is 81.6 Å². The Bertz CT molecular complexity index is 1450. The van der Waals surface area contributed by atoms with Gasteiger partial charge in [-0.15, -0.1) is 0 Å². The van der Waals surface area contributed by atoms with Crippen LogP contribution in [0.3, 0.4) is 0 Å². The van der Waals surface area contributed by atoms with Gasteiger partial charge in [-0.2, -0.15) is 0 Å². The van der Waals surface area contributed by atoms with Gasteiger partial charge in [0.25, 0.3) is 0 Å². The molecule has 0 aromatic heterocycles. The van der Waals surface area contributed by atoms with E-state index in [9.17, 15) is 0 Å². The summed E-state index contributed by atoms with van der Waals surface area (Å²) >= 11 is 0. The molecule has 0 saturated heterocycles. The predicted molar refractivity (Wildman–Crippen MR) is 140 cm³/mol. The van der Waals surface area contributed by atoms with Crippen LogP contribution in [-0.2, 0) is 0 Å². The second kappa shape index (κ2) is 7.90. The number of fused-ring (bicyclic) bond motifs is 3. The zero-order chi connectivity index (χ0) is 22.4. The van der Waals surface area contributed by atoms with E-state index in [1.54, 1.807) is 0 Å². The summed E-state index contributed by atoms with van der Waals surface area (Å²) in [6.07, 6.45) is 0. The van der Waals surface area contributed by atoms with Crippen LogP contribution in [0.4, 0.5) is 0 Å². The minimum absolute atomic E-state index is 0.231. The van der Waals surface area contributed by atoms with E-state index >= 15 is 0 Å². The maximum Gasteiger partial charge on any atom is 0.0358 e. The minimum Gasteiger partial charge on any atom is -0.0622 e. The summed E-state index contributed by atoms with van der Waals surface area (Å²) < 4.78 is 0. The number of hydrogen-bond acceptors (Lipinski definition) is 0. The molecule has 5 aromatic carbocycles. The number of benzene rings is 5. The quantitative estimate of drug-likeness (QED) is 0.267. The first kappa shape index (κ1) is 19.8. The van der Waals surface area contributed by atoms with E-state index in [-0.39, 0.29) is 5.92 Å². The molecule has 0 radical (unpaired) electrons. The van der Waals surface area contributed by atoms with E-state index < -0.39 is 0 Å². The van der Waals surface area contributed by atoms with E-state index in [4.69, 9.17) is 0 Å². The van der Waals surface area contributed by atoms with Crippen molar-refractivity contribution < 1.29 is 0 Å². The lowest BCUT2D eigenvalue weighted by Crippen LogP contribution is -2.02. The molecule has 1 atom stereocenters. The van der Waals surface area contributed by atoms with Crippen LogP contribution in [-0.4, -0.2) is 0 Å². The fraction of sp³-hybridized carbons (Fsp3) is 0.0909. The standard InChI is InChI=1S/C33H26/c1-22-18-23(2)31-29(19-22)32(26-16-10-5-11-17-26)33-28(25-14-8-4-9-15-25)20-27(21-30(31)33)24-12-6-3-7-13-24/h3-21,32H,1-2H3. The molecule has 0 heterocycles. The molecule has 0 bridgehead atoms. The van der Waals surface area contributed by atoms with Crippen LogP contribution in [0, 0.1) is 13.8 Å². The average molecular weight is 423 g/mol. The zero-order valence-electron chi connectivity index (χ0n) is 19.0. The Morgan fingerprint density at radius 2 is 1.09 bits per heavy atom. The van der Waals surface area contributed by atoms with Crippen molar-refractivity contribution in [3.8, 4) is 33.4 Å². The van der Waals surface area contributed by atoms with Gasteiger partial charge in [0.05, 0.1) is 0 Å². The highest BCUT2D eigenvalue weighted by molar-refractivity contribution is 5.93. The van der Waals surface area contributed by atoms with Crippen LogP contribution in [0.5, 0.6) is 0 Å². The molecular weight excluding hydrogens is 396 g/mol. The first-order chi connectivity index (χ1) is 16.2. The smallest absolute Gasteiger partial charge is 0.0358 e. The van der Waals surface area contributed by atoms with Crippen LogP contribution in [0.15, 0.2) is 115 Å². The maximum atomic E-state index is 2.42. The van der Waals surface area contributed by atoms with Crippen molar-refractivity contribution in [3.05, 3.63) is 143 Å². The predicted octanol–water partition coefficient (Wildman–Crippen LogP) is 8.80. The SMILES string of the molecule is Cc1cc(C)c2c(c1)C(c1ccccc1)c1c(-c3ccccc3)cc(-c3ccccc3)cc1-2. The lowest BCUT2D eigenvalue weighted by Gasteiger charge is -2.20. The first-order valence-electron chi connectivity index (χ1n) is 11.7. The third-order valence-corrected chi connectivity index (χ3v) is 6.88. The average Bonchev–Trinajstić information content (AvgIpc) is 3.19. The van der Waals surface area contributed by atoms with Crippen molar-refractivity contribution in [3.63, 3.8) is 0 Å². The van der Waals surface area contributed by atoms with Crippen LogP contribution in [0.2, 0.25) is 0 Å². The third-order valence-electron chi connectivity index (χ3n) is 6.88. The molecule has 5 aromatic rings.